The molecule has 0 spiro atoms. The maximum Gasteiger partial charge on any atom is 0.257 e. The molecule has 0 saturated carbocycles. The number of hydrogen-bond donors (Lipinski definition) is 2. The Hall–Kier alpha value is -2.86. The molecule has 1 saturated heterocycles. The number of nitrogens with zero attached hydrogens (tertiary/aromatic N) is 2. The summed E-state index contributed by atoms with van der Waals surface area (Å²) >= 11 is 0. The quantitative estimate of drug-likeness (QED) is 0.771. The van der Waals surface area contributed by atoms with E-state index in [2.05, 4.69) is 27.1 Å². The number of hydrogen-bond acceptors (Lipinski definition) is 4. The molecule has 1 aliphatic rings. The lowest BCUT2D eigenvalue weighted by molar-refractivity contribution is 0.0989. The van der Waals surface area contributed by atoms with Crippen LogP contribution in [0.25, 0.3) is 11.0 Å². The molecule has 0 bridgehead atoms. The van der Waals surface area contributed by atoms with E-state index in [0.29, 0.717) is 11.6 Å². The average molecular weight is 336 g/mol. The second-order valence-electron chi connectivity index (χ2n) is 6.26. The molecule has 128 valence electrons. The molecule has 1 atom stereocenters. The van der Waals surface area contributed by atoms with Gasteiger partial charge in [0.15, 0.2) is 0 Å². The summed E-state index contributed by atoms with van der Waals surface area (Å²) in [5, 5.41) is 3.84. The molecule has 2 aromatic heterocycles. The molecule has 25 heavy (non-hydrogen) atoms. The SMILES string of the molecule is CC1COCCN1c1ccc(NC(=O)c2cnc3[nH]ccc3c2)cc1. The smallest absolute Gasteiger partial charge is 0.257 e. The first kappa shape index (κ1) is 15.7. The Bertz CT molecular complexity index is 888. The normalized spacial score (nSPS) is 17.6. The van der Waals surface area contributed by atoms with E-state index >= 15 is 0 Å². The minimum Gasteiger partial charge on any atom is -0.377 e. The van der Waals surface area contributed by atoms with Gasteiger partial charge in [-0.3, -0.25) is 4.79 Å². The van der Waals surface area contributed by atoms with Crippen molar-refractivity contribution >= 4 is 28.3 Å². The van der Waals surface area contributed by atoms with Gasteiger partial charge < -0.3 is 19.9 Å². The average Bonchev–Trinajstić information content (AvgIpc) is 3.10. The number of morpholine rings is 1. The van der Waals surface area contributed by atoms with Gasteiger partial charge in [-0.2, -0.15) is 0 Å². The lowest BCUT2D eigenvalue weighted by Gasteiger charge is -2.35. The number of nitrogens with one attached hydrogen (secondary N) is 2. The van der Waals surface area contributed by atoms with Gasteiger partial charge in [0.2, 0.25) is 0 Å². The van der Waals surface area contributed by atoms with Gasteiger partial charge in [0.25, 0.3) is 5.91 Å². The van der Waals surface area contributed by atoms with Crippen LogP contribution in [0, 0.1) is 0 Å². The highest BCUT2D eigenvalue weighted by atomic mass is 16.5. The molecular weight excluding hydrogens is 316 g/mol. The fourth-order valence-electron chi connectivity index (χ4n) is 3.11. The third kappa shape index (κ3) is 3.21. The van der Waals surface area contributed by atoms with Crippen LogP contribution in [0.2, 0.25) is 0 Å². The number of aromatic amines is 1. The highest BCUT2D eigenvalue weighted by Crippen LogP contribution is 2.22. The number of aromatic nitrogens is 2. The highest BCUT2D eigenvalue weighted by molar-refractivity contribution is 6.05. The molecular formula is C19H20N4O2. The van der Waals surface area contributed by atoms with Crippen LogP contribution >= 0.6 is 0 Å². The molecule has 4 rings (SSSR count). The molecule has 1 unspecified atom stereocenters. The van der Waals surface area contributed by atoms with Gasteiger partial charge in [0, 0.05) is 41.7 Å². The molecule has 1 aliphatic heterocycles. The third-order valence-corrected chi connectivity index (χ3v) is 4.49. The first-order chi connectivity index (χ1) is 12.2. The number of carbonyl (C=O) groups is 1. The summed E-state index contributed by atoms with van der Waals surface area (Å²) in [6.45, 7) is 4.53. The van der Waals surface area contributed by atoms with E-state index in [1.165, 1.54) is 0 Å². The largest absolute Gasteiger partial charge is 0.377 e. The Morgan fingerprint density at radius 1 is 1.32 bits per heavy atom. The molecule has 1 fully saturated rings. The van der Waals surface area contributed by atoms with E-state index in [0.717, 1.165) is 42.2 Å². The number of pyridine rings is 1. The summed E-state index contributed by atoms with van der Waals surface area (Å²) < 4.78 is 5.48. The van der Waals surface area contributed by atoms with Crippen LogP contribution in [-0.2, 0) is 4.74 Å². The number of ether oxygens (including phenoxy) is 1. The summed E-state index contributed by atoms with van der Waals surface area (Å²) in [7, 11) is 0. The molecule has 0 radical (unpaired) electrons. The van der Waals surface area contributed by atoms with E-state index in [-0.39, 0.29) is 5.91 Å². The zero-order valence-electron chi connectivity index (χ0n) is 14.0. The molecule has 1 amide bonds. The van der Waals surface area contributed by atoms with Gasteiger partial charge in [0.1, 0.15) is 5.65 Å². The number of carbonyl (C=O) groups excluding carboxylic acids is 1. The van der Waals surface area contributed by atoms with Crippen LogP contribution in [0.3, 0.4) is 0 Å². The zero-order chi connectivity index (χ0) is 17.2. The van der Waals surface area contributed by atoms with E-state index in [1.54, 1.807) is 6.20 Å². The summed E-state index contributed by atoms with van der Waals surface area (Å²) in [4.78, 5) is 22.0. The maximum atomic E-state index is 12.4. The monoisotopic (exact) mass is 336 g/mol. The molecule has 3 heterocycles. The number of benzene rings is 1. The van der Waals surface area contributed by atoms with Crippen molar-refractivity contribution in [2.24, 2.45) is 0 Å². The highest BCUT2D eigenvalue weighted by Gasteiger charge is 2.19. The van der Waals surface area contributed by atoms with Gasteiger partial charge in [-0.15, -0.1) is 0 Å². The van der Waals surface area contributed by atoms with E-state index in [4.69, 9.17) is 4.74 Å². The molecule has 1 aromatic carbocycles. The number of rotatable bonds is 3. The number of fused-ring (bicyclic) bond motifs is 1. The van der Waals surface area contributed by atoms with Gasteiger partial charge in [-0.25, -0.2) is 4.98 Å². The van der Waals surface area contributed by atoms with Crippen LogP contribution in [0.1, 0.15) is 17.3 Å². The van der Waals surface area contributed by atoms with Crippen molar-refractivity contribution < 1.29 is 9.53 Å². The minimum atomic E-state index is -0.164. The lowest BCUT2D eigenvalue weighted by atomic mass is 10.2. The predicted octanol–water partition coefficient (Wildman–Crippen LogP) is 3.04. The fraction of sp³-hybridized carbons (Fsp3) is 0.263. The summed E-state index contributed by atoms with van der Waals surface area (Å²) in [5.74, 6) is -0.164. The van der Waals surface area contributed by atoms with Crippen molar-refractivity contribution in [1.29, 1.82) is 0 Å². The Morgan fingerprint density at radius 2 is 2.16 bits per heavy atom. The second kappa shape index (κ2) is 6.57. The van der Waals surface area contributed by atoms with E-state index in [1.807, 2.05) is 42.6 Å². The van der Waals surface area contributed by atoms with Crippen molar-refractivity contribution in [3.8, 4) is 0 Å². The van der Waals surface area contributed by atoms with E-state index < -0.39 is 0 Å². The number of anilines is 2. The number of H-pyrrole nitrogens is 1. The first-order valence-corrected chi connectivity index (χ1v) is 8.39. The molecule has 0 aliphatic carbocycles. The van der Waals surface area contributed by atoms with Crippen LogP contribution in [0.4, 0.5) is 11.4 Å². The Balaban J connectivity index is 1.47. The summed E-state index contributed by atoms with van der Waals surface area (Å²) in [6, 6.07) is 12.0. The predicted molar refractivity (Wildman–Crippen MR) is 98.1 cm³/mol. The lowest BCUT2D eigenvalue weighted by Crippen LogP contribution is -2.43. The van der Waals surface area contributed by atoms with Crippen molar-refractivity contribution in [1.82, 2.24) is 9.97 Å². The Labute approximate surface area is 145 Å². The Morgan fingerprint density at radius 3 is 2.96 bits per heavy atom. The fourth-order valence-corrected chi connectivity index (χ4v) is 3.11. The van der Waals surface area contributed by atoms with Gasteiger partial charge >= 0.3 is 0 Å². The van der Waals surface area contributed by atoms with Crippen LogP contribution in [0.5, 0.6) is 0 Å². The van der Waals surface area contributed by atoms with Gasteiger partial charge in [-0.05, 0) is 43.3 Å². The van der Waals surface area contributed by atoms with Crippen molar-refractivity contribution in [3.63, 3.8) is 0 Å². The maximum absolute atomic E-state index is 12.4. The van der Waals surface area contributed by atoms with Crippen LogP contribution in [-0.4, -0.2) is 41.7 Å². The van der Waals surface area contributed by atoms with Crippen molar-refractivity contribution in [3.05, 3.63) is 54.4 Å². The zero-order valence-corrected chi connectivity index (χ0v) is 14.0. The second-order valence-corrected chi connectivity index (χ2v) is 6.26. The van der Waals surface area contributed by atoms with Crippen molar-refractivity contribution in [2.45, 2.75) is 13.0 Å². The van der Waals surface area contributed by atoms with Crippen molar-refractivity contribution in [2.75, 3.05) is 30.0 Å². The van der Waals surface area contributed by atoms with Gasteiger partial charge in [0.05, 0.1) is 18.8 Å². The standard InChI is InChI=1S/C19H20N4O2/c1-13-12-25-9-8-23(13)17-4-2-16(3-5-17)22-19(24)15-10-14-6-7-20-18(14)21-11-15/h2-7,10-11,13H,8-9,12H2,1H3,(H,20,21)(H,22,24). The van der Waals surface area contributed by atoms with Crippen LogP contribution < -0.4 is 10.2 Å². The molecule has 2 N–H and O–H groups in total. The minimum absolute atomic E-state index is 0.164. The summed E-state index contributed by atoms with van der Waals surface area (Å²) in [6.07, 6.45) is 3.39. The third-order valence-electron chi connectivity index (χ3n) is 4.49. The van der Waals surface area contributed by atoms with Gasteiger partial charge in [-0.1, -0.05) is 0 Å². The molecule has 3 aromatic rings. The Kier molecular flexibility index (Phi) is 4.11. The first-order valence-electron chi connectivity index (χ1n) is 8.39. The van der Waals surface area contributed by atoms with Crippen LogP contribution in [0.15, 0.2) is 48.8 Å². The topological polar surface area (TPSA) is 70.2 Å². The molecule has 6 nitrogen and oxygen atoms in total. The summed E-state index contributed by atoms with van der Waals surface area (Å²) in [5.41, 5.74) is 3.23. The number of amides is 1. The van der Waals surface area contributed by atoms with E-state index in [9.17, 15) is 4.79 Å². The molecule has 6 heteroatoms.